The monoisotopic (exact) mass is 322 g/mol. The van der Waals surface area contributed by atoms with Crippen molar-refractivity contribution in [1.29, 1.82) is 0 Å². The smallest absolute Gasteiger partial charge is 0.388 e. The summed E-state index contributed by atoms with van der Waals surface area (Å²) in [5.74, 6) is 0.169. The molecule has 2 N–H and O–H groups in total. The molecule has 1 aromatic rings. The summed E-state index contributed by atoms with van der Waals surface area (Å²) in [6, 6.07) is 0.841. The van der Waals surface area contributed by atoms with Gasteiger partial charge in [-0.25, -0.2) is 4.98 Å². The van der Waals surface area contributed by atoms with Gasteiger partial charge >= 0.3 is 6.18 Å². The number of halogens is 4. The summed E-state index contributed by atoms with van der Waals surface area (Å²) in [6.45, 7) is 0.241. The molecule has 1 aliphatic rings. The lowest BCUT2D eigenvalue weighted by Gasteiger charge is -2.27. The molecule has 0 spiro atoms. The molecule has 1 saturated carbocycles. The van der Waals surface area contributed by atoms with Crippen LogP contribution in [0, 0.1) is 0 Å². The van der Waals surface area contributed by atoms with E-state index in [1.54, 1.807) is 0 Å². The van der Waals surface area contributed by atoms with E-state index in [-0.39, 0.29) is 17.4 Å². The minimum Gasteiger partial charge on any atom is -0.388 e. The summed E-state index contributed by atoms with van der Waals surface area (Å²) in [7, 11) is 0. The minimum atomic E-state index is -4.46. The molecule has 7 heteroatoms. The van der Waals surface area contributed by atoms with Crippen LogP contribution in [0.1, 0.15) is 44.1 Å². The van der Waals surface area contributed by atoms with Crippen molar-refractivity contribution in [2.75, 3.05) is 11.9 Å². The fourth-order valence-corrected chi connectivity index (χ4v) is 2.77. The third-order valence-corrected chi connectivity index (χ3v) is 4.08. The van der Waals surface area contributed by atoms with Crippen molar-refractivity contribution in [3.8, 4) is 0 Å². The third-order valence-electron chi connectivity index (χ3n) is 3.79. The highest BCUT2D eigenvalue weighted by atomic mass is 35.5. The van der Waals surface area contributed by atoms with E-state index in [1.807, 2.05) is 0 Å². The summed E-state index contributed by atoms with van der Waals surface area (Å²) in [5.41, 5.74) is -1.73. The lowest BCUT2D eigenvalue weighted by Crippen LogP contribution is -2.36. The van der Waals surface area contributed by atoms with Crippen LogP contribution in [0.4, 0.5) is 19.0 Å². The highest BCUT2D eigenvalue weighted by Crippen LogP contribution is 2.33. The number of nitrogens with one attached hydrogen (secondary N) is 1. The molecule has 0 bridgehead atoms. The second kappa shape index (κ2) is 6.40. The van der Waals surface area contributed by atoms with Crippen LogP contribution in [0.3, 0.4) is 0 Å². The molecule has 0 unspecified atom stereocenters. The SMILES string of the molecule is OC1(CNc2ncc(C(F)(F)F)cc2Cl)CCCCCC1. The number of anilines is 1. The summed E-state index contributed by atoms with van der Waals surface area (Å²) >= 11 is 5.82. The van der Waals surface area contributed by atoms with E-state index >= 15 is 0 Å². The van der Waals surface area contributed by atoms with Crippen LogP contribution in [0.25, 0.3) is 0 Å². The van der Waals surface area contributed by atoms with Crippen molar-refractivity contribution in [2.45, 2.75) is 50.3 Å². The molecule has 0 amide bonds. The van der Waals surface area contributed by atoms with Crippen LogP contribution in [0.5, 0.6) is 0 Å². The van der Waals surface area contributed by atoms with Crippen molar-refractivity contribution in [2.24, 2.45) is 0 Å². The van der Waals surface area contributed by atoms with Gasteiger partial charge in [0.05, 0.1) is 16.2 Å². The number of alkyl halides is 3. The van der Waals surface area contributed by atoms with Gasteiger partial charge in [0.1, 0.15) is 5.82 Å². The van der Waals surface area contributed by atoms with Crippen LogP contribution >= 0.6 is 11.6 Å². The van der Waals surface area contributed by atoms with Gasteiger partial charge in [-0.2, -0.15) is 13.2 Å². The van der Waals surface area contributed by atoms with Crippen LogP contribution < -0.4 is 5.32 Å². The molecule has 1 heterocycles. The maximum atomic E-state index is 12.5. The first-order chi connectivity index (χ1) is 9.80. The summed E-state index contributed by atoms with van der Waals surface area (Å²) < 4.78 is 37.6. The number of aromatic nitrogens is 1. The van der Waals surface area contributed by atoms with Gasteiger partial charge in [-0.15, -0.1) is 0 Å². The van der Waals surface area contributed by atoms with Crippen molar-refractivity contribution >= 4 is 17.4 Å². The lowest BCUT2D eigenvalue weighted by molar-refractivity contribution is -0.137. The molecule has 0 aromatic carbocycles. The van der Waals surface area contributed by atoms with E-state index < -0.39 is 17.3 Å². The second-order valence-electron chi connectivity index (χ2n) is 5.54. The molecule has 21 heavy (non-hydrogen) atoms. The maximum Gasteiger partial charge on any atom is 0.417 e. The van der Waals surface area contributed by atoms with E-state index in [0.29, 0.717) is 12.8 Å². The average Bonchev–Trinajstić information content (AvgIpc) is 2.61. The summed E-state index contributed by atoms with van der Waals surface area (Å²) in [4.78, 5) is 3.71. The molecule has 1 aliphatic carbocycles. The zero-order valence-electron chi connectivity index (χ0n) is 11.5. The van der Waals surface area contributed by atoms with Gasteiger partial charge in [-0.3, -0.25) is 0 Å². The zero-order chi connectivity index (χ0) is 15.5. The Morgan fingerprint density at radius 1 is 1.24 bits per heavy atom. The number of hydrogen-bond acceptors (Lipinski definition) is 3. The van der Waals surface area contributed by atoms with Crippen LogP contribution in [0.15, 0.2) is 12.3 Å². The molecular formula is C14H18ClF3N2O. The van der Waals surface area contributed by atoms with Crippen LogP contribution in [-0.2, 0) is 6.18 Å². The molecule has 0 aliphatic heterocycles. The Bertz CT molecular complexity index is 486. The third kappa shape index (κ3) is 4.48. The Kier molecular flexibility index (Phi) is 4.99. The normalized spacial score (nSPS) is 19.1. The number of aliphatic hydroxyl groups is 1. The summed E-state index contributed by atoms with van der Waals surface area (Å²) in [5, 5.41) is 13.2. The fourth-order valence-electron chi connectivity index (χ4n) is 2.53. The average molecular weight is 323 g/mol. The Morgan fingerprint density at radius 3 is 2.38 bits per heavy atom. The number of hydrogen-bond donors (Lipinski definition) is 2. The molecule has 1 aromatic heterocycles. The molecule has 0 radical (unpaired) electrons. The Morgan fingerprint density at radius 2 is 1.86 bits per heavy atom. The van der Waals surface area contributed by atoms with Gasteiger partial charge in [-0.1, -0.05) is 37.3 Å². The van der Waals surface area contributed by atoms with Gasteiger partial charge in [0.25, 0.3) is 0 Å². The van der Waals surface area contributed by atoms with Crippen molar-refractivity contribution in [3.05, 3.63) is 22.8 Å². The molecule has 1 fully saturated rings. The molecule has 0 saturated heterocycles. The second-order valence-corrected chi connectivity index (χ2v) is 5.95. The van der Waals surface area contributed by atoms with E-state index in [1.165, 1.54) is 0 Å². The van der Waals surface area contributed by atoms with Gasteiger partial charge in [-0.05, 0) is 18.9 Å². The molecule has 3 nitrogen and oxygen atoms in total. The van der Waals surface area contributed by atoms with Crippen LogP contribution in [-0.4, -0.2) is 22.2 Å². The summed E-state index contributed by atoms with van der Waals surface area (Å²) in [6.07, 6.45) is 1.73. The van der Waals surface area contributed by atoms with Crippen molar-refractivity contribution in [1.82, 2.24) is 4.98 Å². The van der Waals surface area contributed by atoms with Gasteiger partial charge in [0, 0.05) is 12.7 Å². The first kappa shape index (κ1) is 16.4. The molecular weight excluding hydrogens is 305 g/mol. The van der Waals surface area contributed by atoms with E-state index in [4.69, 9.17) is 11.6 Å². The quantitative estimate of drug-likeness (QED) is 0.818. The van der Waals surface area contributed by atoms with Gasteiger partial charge in [0.2, 0.25) is 0 Å². The Hall–Kier alpha value is -1.01. The number of pyridine rings is 1. The first-order valence-electron chi connectivity index (χ1n) is 6.99. The topological polar surface area (TPSA) is 45.1 Å². The maximum absolute atomic E-state index is 12.5. The van der Waals surface area contributed by atoms with E-state index in [0.717, 1.165) is 37.9 Å². The Labute approximate surface area is 126 Å². The number of nitrogens with zero attached hydrogens (tertiary/aromatic N) is 1. The van der Waals surface area contributed by atoms with Crippen molar-refractivity contribution in [3.63, 3.8) is 0 Å². The predicted molar refractivity (Wildman–Crippen MR) is 75.4 cm³/mol. The fraction of sp³-hybridized carbons (Fsp3) is 0.643. The van der Waals surface area contributed by atoms with Gasteiger partial charge in [0.15, 0.2) is 0 Å². The van der Waals surface area contributed by atoms with Crippen LogP contribution in [0.2, 0.25) is 5.02 Å². The first-order valence-corrected chi connectivity index (χ1v) is 7.37. The minimum absolute atomic E-state index is 0.0953. The van der Waals surface area contributed by atoms with E-state index in [2.05, 4.69) is 10.3 Å². The molecule has 2 rings (SSSR count). The molecule has 0 atom stereocenters. The highest BCUT2D eigenvalue weighted by Gasteiger charge is 2.32. The van der Waals surface area contributed by atoms with Gasteiger partial charge < -0.3 is 10.4 Å². The molecule has 118 valence electrons. The standard InChI is InChI=1S/C14H18ClF3N2O/c15-11-7-10(14(16,17)18)8-19-12(11)20-9-13(21)5-3-1-2-4-6-13/h7-8,21H,1-6,9H2,(H,19,20). The zero-order valence-corrected chi connectivity index (χ0v) is 12.3. The number of rotatable bonds is 3. The van der Waals surface area contributed by atoms with E-state index in [9.17, 15) is 18.3 Å². The largest absolute Gasteiger partial charge is 0.417 e. The predicted octanol–water partition coefficient (Wildman–Crippen LogP) is 4.25. The lowest BCUT2D eigenvalue weighted by atomic mass is 9.94. The Balaban J connectivity index is 2.03. The highest BCUT2D eigenvalue weighted by molar-refractivity contribution is 6.32. The van der Waals surface area contributed by atoms with Crippen molar-refractivity contribution < 1.29 is 18.3 Å².